The highest BCUT2D eigenvalue weighted by Crippen LogP contribution is 2.23. The maximum absolute atomic E-state index is 11.1. The van der Waals surface area contributed by atoms with E-state index in [0.717, 1.165) is 10.2 Å². The molecule has 0 N–H and O–H groups in total. The molecule has 0 atom stereocenters. The molecule has 0 amide bonds. The Hall–Kier alpha value is -0.870. The third-order valence-corrected chi connectivity index (χ3v) is 2.53. The van der Waals surface area contributed by atoms with E-state index in [4.69, 9.17) is 9.47 Å². The third-order valence-electron chi connectivity index (χ3n) is 1.88. The number of rotatable bonds is 5. The molecule has 0 bridgehead atoms. The molecule has 82 valence electrons. The maximum Gasteiger partial charge on any atom is 0.160 e. The highest BCUT2D eigenvalue weighted by atomic mass is 79.9. The second kappa shape index (κ2) is 5.88. The molecule has 1 aromatic rings. The molecule has 0 fully saturated rings. The van der Waals surface area contributed by atoms with Crippen molar-refractivity contribution in [1.82, 2.24) is 0 Å². The molecule has 0 aromatic heterocycles. The molecule has 0 saturated carbocycles. The van der Waals surface area contributed by atoms with Crippen LogP contribution >= 0.6 is 15.9 Å². The van der Waals surface area contributed by atoms with Gasteiger partial charge in [-0.05, 0) is 41.1 Å². The summed E-state index contributed by atoms with van der Waals surface area (Å²) in [4.78, 5) is 11.1. The van der Waals surface area contributed by atoms with Crippen LogP contribution in [0, 0.1) is 0 Å². The fourth-order valence-corrected chi connectivity index (χ4v) is 1.75. The molecule has 0 aliphatic heterocycles. The quantitative estimate of drug-likeness (QED) is 0.611. The van der Waals surface area contributed by atoms with E-state index in [-0.39, 0.29) is 5.78 Å². The number of carbonyl (C=O) groups is 1. The summed E-state index contributed by atoms with van der Waals surface area (Å²) in [5.74, 6) is 0.759. The van der Waals surface area contributed by atoms with Crippen LogP contribution in [0.5, 0.6) is 5.75 Å². The molecule has 0 aliphatic rings. The van der Waals surface area contributed by atoms with E-state index in [2.05, 4.69) is 15.9 Å². The minimum atomic E-state index is 0.0327. The summed E-state index contributed by atoms with van der Waals surface area (Å²) in [6.45, 7) is 2.58. The first-order chi connectivity index (χ1) is 7.15. The first kappa shape index (κ1) is 12.2. The van der Waals surface area contributed by atoms with Crippen LogP contribution in [0.15, 0.2) is 22.7 Å². The van der Waals surface area contributed by atoms with Crippen LogP contribution in [0.2, 0.25) is 0 Å². The smallest absolute Gasteiger partial charge is 0.160 e. The van der Waals surface area contributed by atoms with Crippen molar-refractivity contribution in [3.63, 3.8) is 0 Å². The molecular formula is C11H13BrO3. The van der Waals surface area contributed by atoms with Crippen LogP contribution in [-0.2, 0) is 4.74 Å². The zero-order chi connectivity index (χ0) is 11.3. The normalized spacial score (nSPS) is 10.1. The molecular weight excluding hydrogens is 260 g/mol. The fraction of sp³-hybridized carbons (Fsp3) is 0.364. The number of halogens is 1. The minimum Gasteiger partial charge on any atom is -0.491 e. The number of hydrogen-bond acceptors (Lipinski definition) is 3. The fourth-order valence-electron chi connectivity index (χ4n) is 1.11. The van der Waals surface area contributed by atoms with Crippen molar-refractivity contribution in [2.45, 2.75) is 6.92 Å². The van der Waals surface area contributed by atoms with E-state index < -0.39 is 0 Å². The second-order valence-electron chi connectivity index (χ2n) is 3.04. The van der Waals surface area contributed by atoms with Crippen LogP contribution in [0.25, 0.3) is 0 Å². The zero-order valence-corrected chi connectivity index (χ0v) is 10.3. The lowest BCUT2D eigenvalue weighted by Crippen LogP contribution is -2.04. The predicted molar refractivity (Wildman–Crippen MR) is 61.5 cm³/mol. The van der Waals surface area contributed by atoms with Gasteiger partial charge in [0.1, 0.15) is 12.4 Å². The van der Waals surface area contributed by atoms with E-state index in [0.29, 0.717) is 18.8 Å². The van der Waals surface area contributed by atoms with Gasteiger partial charge in [0.25, 0.3) is 0 Å². The highest BCUT2D eigenvalue weighted by Gasteiger charge is 2.05. The molecule has 1 rings (SSSR count). The summed E-state index contributed by atoms with van der Waals surface area (Å²) in [5.41, 5.74) is 0.661. The summed E-state index contributed by atoms with van der Waals surface area (Å²) in [5, 5.41) is 0. The van der Waals surface area contributed by atoms with Crippen molar-refractivity contribution in [3.05, 3.63) is 28.2 Å². The zero-order valence-electron chi connectivity index (χ0n) is 8.75. The van der Waals surface area contributed by atoms with Crippen molar-refractivity contribution in [1.29, 1.82) is 0 Å². The van der Waals surface area contributed by atoms with Gasteiger partial charge in [0.05, 0.1) is 6.61 Å². The molecule has 0 radical (unpaired) electrons. The minimum absolute atomic E-state index is 0.0327. The van der Waals surface area contributed by atoms with Crippen molar-refractivity contribution in [2.75, 3.05) is 20.3 Å². The van der Waals surface area contributed by atoms with Gasteiger partial charge in [-0.15, -0.1) is 0 Å². The molecule has 1 aromatic carbocycles. The highest BCUT2D eigenvalue weighted by molar-refractivity contribution is 9.10. The van der Waals surface area contributed by atoms with Crippen LogP contribution in [-0.4, -0.2) is 26.1 Å². The van der Waals surface area contributed by atoms with Crippen LogP contribution < -0.4 is 4.74 Å². The summed E-state index contributed by atoms with van der Waals surface area (Å²) in [6, 6.07) is 5.30. The van der Waals surface area contributed by atoms with Gasteiger partial charge in [0.2, 0.25) is 0 Å². The molecule has 0 unspecified atom stereocenters. The Bertz CT molecular complexity index is 350. The lowest BCUT2D eigenvalue weighted by Gasteiger charge is -2.07. The Balaban J connectivity index is 2.69. The SMILES string of the molecule is COCCOc1ccc(C(C)=O)c(Br)c1. The molecule has 0 heterocycles. The summed E-state index contributed by atoms with van der Waals surface area (Å²) in [7, 11) is 1.62. The van der Waals surface area contributed by atoms with Gasteiger partial charge >= 0.3 is 0 Å². The van der Waals surface area contributed by atoms with Gasteiger partial charge in [-0.2, -0.15) is 0 Å². The Labute approximate surface area is 97.5 Å². The maximum atomic E-state index is 11.1. The first-order valence-electron chi connectivity index (χ1n) is 4.57. The molecule has 0 saturated heterocycles. The van der Waals surface area contributed by atoms with E-state index >= 15 is 0 Å². The number of Topliss-reactive ketones (excluding diaryl/α,β-unsaturated/α-hetero) is 1. The lowest BCUT2D eigenvalue weighted by atomic mass is 10.1. The Morgan fingerprint density at radius 1 is 1.40 bits per heavy atom. The average Bonchev–Trinajstić information content (AvgIpc) is 2.17. The topological polar surface area (TPSA) is 35.5 Å². The third kappa shape index (κ3) is 3.64. The Morgan fingerprint density at radius 3 is 2.67 bits per heavy atom. The average molecular weight is 273 g/mol. The number of methoxy groups -OCH3 is 1. The van der Waals surface area contributed by atoms with E-state index in [1.165, 1.54) is 6.92 Å². The van der Waals surface area contributed by atoms with Gasteiger partial charge in [0, 0.05) is 17.1 Å². The first-order valence-corrected chi connectivity index (χ1v) is 5.36. The van der Waals surface area contributed by atoms with Crippen LogP contribution in [0.3, 0.4) is 0 Å². The Morgan fingerprint density at radius 2 is 2.13 bits per heavy atom. The van der Waals surface area contributed by atoms with Gasteiger partial charge in [-0.1, -0.05) is 0 Å². The number of carbonyl (C=O) groups excluding carboxylic acids is 1. The van der Waals surface area contributed by atoms with Crippen LogP contribution in [0.1, 0.15) is 17.3 Å². The second-order valence-corrected chi connectivity index (χ2v) is 3.89. The van der Waals surface area contributed by atoms with Gasteiger partial charge in [0.15, 0.2) is 5.78 Å². The summed E-state index contributed by atoms with van der Waals surface area (Å²) in [6.07, 6.45) is 0. The van der Waals surface area contributed by atoms with Gasteiger partial charge in [-0.25, -0.2) is 0 Å². The molecule has 0 aliphatic carbocycles. The number of ether oxygens (including phenoxy) is 2. The van der Waals surface area contributed by atoms with Gasteiger partial charge < -0.3 is 9.47 Å². The van der Waals surface area contributed by atoms with Crippen LogP contribution in [0.4, 0.5) is 0 Å². The number of ketones is 1. The largest absolute Gasteiger partial charge is 0.491 e. The summed E-state index contributed by atoms with van der Waals surface area (Å²) >= 11 is 3.32. The number of benzene rings is 1. The molecule has 4 heteroatoms. The van der Waals surface area contributed by atoms with Crippen molar-refractivity contribution >= 4 is 21.7 Å². The van der Waals surface area contributed by atoms with E-state index in [9.17, 15) is 4.79 Å². The molecule has 3 nitrogen and oxygen atoms in total. The van der Waals surface area contributed by atoms with Gasteiger partial charge in [-0.3, -0.25) is 4.79 Å². The van der Waals surface area contributed by atoms with Crippen molar-refractivity contribution < 1.29 is 14.3 Å². The monoisotopic (exact) mass is 272 g/mol. The molecule has 15 heavy (non-hydrogen) atoms. The lowest BCUT2D eigenvalue weighted by molar-refractivity contribution is 0.101. The number of hydrogen-bond donors (Lipinski definition) is 0. The van der Waals surface area contributed by atoms with E-state index in [1.54, 1.807) is 25.3 Å². The van der Waals surface area contributed by atoms with E-state index in [1.807, 2.05) is 0 Å². The van der Waals surface area contributed by atoms with Crippen molar-refractivity contribution in [3.8, 4) is 5.75 Å². The molecule has 0 spiro atoms. The summed E-state index contributed by atoms with van der Waals surface area (Å²) < 4.78 is 11.0. The Kier molecular flexibility index (Phi) is 4.78. The van der Waals surface area contributed by atoms with Crippen molar-refractivity contribution in [2.24, 2.45) is 0 Å². The predicted octanol–water partition coefficient (Wildman–Crippen LogP) is 2.68. The standard InChI is InChI=1S/C11H13BrO3/c1-8(13)10-4-3-9(7-11(10)12)15-6-5-14-2/h3-4,7H,5-6H2,1-2H3.